The number of unbranched alkanes of at least 4 members (excludes halogenated alkanes) is 16. The molecule has 2 heteroatoms. The molecule has 1 N–H and O–H groups in total. The molecule has 0 aromatic heterocycles. The highest BCUT2D eigenvalue weighted by Crippen LogP contribution is 2.13. The van der Waals surface area contributed by atoms with Crippen molar-refractivity contribution in [3.05, 3.63) is 0 Å². The Bertz CT molecular complexity index is 174. The molecule has 0 radical (unpaired) electrons. The quantitative estimate of drug-likeness (QED) is 0.254. The zero-order valence-electron chi connectivity index (χ0n) is 16.0. The molecule has 0 unspecified atom stereocenters. The Hall–Kier alpha value is -0.0800. The fraction of sp³-hybridized carbons (Fsp3) is 1.00. The van der Waals surface area contributed by atoms with Crippen LogP contribution in [0.3, 0.4) is 0 Å². The molecular formula is C21H44O2. The van der Waals surface area contributed by atoms with E-state index in [1.54, 1.807) is 0 Å². The average Bonchev–Trinajstić information content (AvgIpc) is 2.57. The number of rotatable bonds is 20. The second-order valence-electron chi connectivity index (χ2n) is 6.99. The first-order valence-electron chi connectivity index (χ1n) is 10.6. The maximum Gasteiger partial charge on any atom is 0.0697 e. The standard InChI is InChI=1S/C21H44O2/c1-2-3-4-5-6-7-8-9-10-11-12-13-14-15-16-17-18-20-23-21-19-22/h22H,2-21H2,1H3. The van der Waals surface area contributed by atoms with Crippen LogP contribution in [0, 0.1) is 0 Å². The van der Waals surface area contributed by atoms with Crippen LogP contribution in [0.25, 0.3) is 0 Å². The molecule has 0 aliphatic heterocycles. The van der Waals surface area contributed by atoms with Gasteiger partial charge < -0.3 is 9.84 Å². The van der Waals surface area contributed by atoms with Crippen LogP contribution in [-0.4, -0.2) is 24.9 Å². The van der Waals surface area contributed by atoms with Crippen molar-refractivity contribution in [1.82, 2.24) is 0 Å². The van der Waals surface area contributed by atoms with Crippen molar-refractivity contribution in [2.75, 3.05) is 19.8 Å². The molecule has 0 aromatic carbocycles. The van der Waals surface area contributed by atoms with Crippen molar-refractivity contribution in [1.29, 1.82) is 0 Å². The third kappa shape index (κ3) is 21.9. The van der Waals surface area contributed by atoms with Crippen LogP contribution >= 0.6 is 0 Å². The third-order valence-corrected chi connectivity index (χ3v) is 4.63. The third-order valence-electron chi connectivity index (χ3n) is 4.63. The van der Waals surface area contributed by atoms with Gasteiger partial charge in [-0.15, -0.1) is 0 Å². The van der Waals surface area contributed by atoms with E-state index in [2.05, 4.69) is 6.92 Å². The minimum atomic E-state index is 0.152. The van der Waals surface area contributed by atoms with Crippen LogP contribution in [-0.2, 0) is 4.74 Å². The van der Waals surface area contributed by atoms with Gasteiger partial charge in [0.1, 0.15) is 0 Å². The predicted molar refractivity (Wildman–Crippen MR) is 102 cm³/mol. The maximum atomic E-state index is 8.58. The number of hydrogen-bond donors (Lipinski definition) is 1. The van der Waals surface area contributed by atoms with Crippen molar-refractivity contribution in [2.24, 2.45) is 0 Å². The van der Waals surface area contributed by atoms with Crippen LogP contribution in [0.15, 0.2) is 0 Å². The van der Waals surface area contributed by atoms with Gasteiger partial charge >= 0.3 is 0 Å². The lowest BCUT2D eigenvalue weighted by Gasteiger charge is -2.04. The second-order valence-corrected chi connectivity index (χ2v) is 6.99. The molecule has 0 aliphatic rings. The molecule has 0 aliphatic carbocycles. The lowest BCUT2D eigenvalue weighted by molar-refractivity contribution is 0.0895. The molecular weight excluding hydrogens is 284 g/mol. The molecule has 0 fully saturated rings. The highest BCUT2D eigenvalue weighted by molar-refractivity contribution is 4.50. The molecule has 140 valence electrons. The zero-order valence-corrected chi connectivity index (χ0v) is 16.0. The van der Waals surface area contributed by atoms with Gasteiger partial charge in [-0.2, -0.15) is 0 Å². The highest BCUT2D eigenvalue weighted by Gasteiger charge is 1.95. The minimum Gasteiger partial charge on any atom is -0.394 e. The number of hydrogen-bond acceptors (Lipinski definition) is 2. The summed E-state index contributed by atoms with van der Waals surface area (Å²) >= 11 is 0. The fourth-order valence-corrected chi connectivity index (χ4v) is 3.10. The van der Waals surface area contributed by atoms with Crippen molar-refractivity contribution in [2.45, 2.75) is 116 Å². The molecule has 0 heterocycles. The van der Waals surface area contributed by atoms with Gasteiger partial charge in [-0.3, -0.25) is 0 Å². The first-order valence-corrected chi connectivity index (χ1v) is 10.6. The van der Waals surface area contributed by atoms with Crippen molar-refractivity contribution in [3.8, 4) is 0 Å². The van der Waals surface area contributed by atoms with Crippen molar-refractivity contribution in [3.63, 3.8) is 0 Å². The summed E-state index contributed by atoms with van der Waals surface area (Å²) in [5.74, 6) is 0. The molecule has 0 atom stereocenters. The first-order chi connectivity index (χ1) is 11.4. The smallest absolute Gasteiger partial charge is 0.0697 e. The summed E-state index contributed by atoms with van der Waals surface area (Å²) in [6.07, 6.45) is 23.9. The lowest BCUT2D eigenvalue weighted by atomic mass is 10.0. The summed E-state index contributed by atoms with van der Waals surface area (Å²) < 4.78 is 5.26. The van der Waals surface area contributed by atoms with E-state index in [-0.39, 0.29) is 6.61 Å². The van der Waals surface area contributed by atoms with Gasteiger partial charge in [0.2, 0.25) is 0 Å². The van der Waals surface area contributed by atoms with Crippen LogP contribution in [0.2, 0.25) is 0 Å². The molecule has 23 heavy (non-hydrogen) atoms. The Morgan fingerprint density at radius 3 is 1.17 bits per heavy atom. The minimum absolute atomic E-state index is 0.152. The summed E-state index contributed by atoms with van der Waals surface area (Å²) in [4.78, 5) is 0. The molecule has 0 saturated heterocycles. The van der Waals surface area contributed by atoms with Gasteiger partial charge in [-0.25, -0.2) is 0 Å². The molecule has 2 nitrogen and oxygen atoms in total. The molecule has 0 bridgehead atoms. The molecule has 0 saturated carbocycles. The molecule has 0 amide bonds. The van der Waals surface area contributed by atoms with E-state index < -0.39 is 0 Å². The topological polar surface area (TPSA) is 29.5 Å². The normalized spacial score (nSPS) is 11.2. The number of aliphatic hydroxyl groups excluding tert-OH is 1. The Morgan fingerprint density at radius 2 is 0.826 bits per heavy atom. The lowest BCUT2D eigenvalue weighted by Crippen LogP contribution is -2.00. The van der Waals surface area contributed by atoms with Gasteiger partial charge in [0.25, 0.3) is 0 Å². The van der Waals surface area contributed by atoms with Crippen LogP contribution in [0.4, 0.5) is 0 Å². The molecule has 0 spiro atoms. The average molecular weight is 329 g/mol. The van der Waals surface area contributed by atoms with Crippen LogP contribution in [0.1, 0.15) is 116 Å². The van der Waals surface area contributed by atoms with Gasteiger partial charge in [0.15, 0.2) is 0 Å². The summed E-state index contributed by atoms with van der Waals surface area (Å²) in [6, 6.07) is 0. The number of aliphatic hydroxyl groups is 1. The number of ether oxygens (including phenoxy) is 1. The van der Waals surface area contributed by atoms with Crippen molar-refractivity contribution >= 4 is 0 Å². The zero-order chi connectivity index (χ0) is 16.8. The van der Waals surface area contributed by atoms with E-state index in [1.165, 1.54) is 103 Å². The summed E-state index contributed by atoms with van der Waals surface area (Å²) in [7, 11) is 0. The van der Waals surface area contributed by atoms with Crippen LogP contribution < -0.4 is 0 Å². The van der Waals surface area contributed by atoms with Gasteiger partial charge in [-0.1, -0.05) is 110 Å². The Kier molecular flexibility index (Phi) is 21.8. The van der Waals surface area contributed by atoms with E-state index in [0.29, 0.717) is 6.61 Å². The Balaban J connectivity index is 2.92. The monoisotopic (exact) mass is 328 g/mol. The van der Waals surface area contributed by atoms with E-state index in [0.717, 1.165) is 13.0 Å². The second kappa shape index (κ2) is 21.9. The summed E-state index contributed by atoms with van der Waals surface area (Å²) in [5.41, 5.74) is 0. The van der Waals surface area contributed by atoms with Gasteiger partial charge in [0.05, 0.1) is 13.2 Å². The van der Waals surface area contributed by atoms with Gasteiger partial charge in [0, 0.05) is 6.61 Å². The Morgan fingerprint density at radius 1 is 0.478 bits per heavy atom. The van der Waals surface area contributed by atoms with E-state index in [4.69, 9.17) is 9.84 Å². The predicted octanol–water partition coefficient (Wildman–Crippen LogP) is 6.65. The van der Waals surface area contributed by atoms with Crippen molar-refractivity contribution < 1.29 is 9.84 Å². The molecule has 0 rings (SSSR count). The maximum absolute atomic E-state index is 8.58. The van der Waals surface area contributed by atoms with E-state index in [1.807, 2.05) is 0 Å². The van der Waals surface area contributed by atoms with E-state index >= 15 is 0 Å². The molecule has 0 aromatic rings. The first kappa shape index (κ1) is 22.9. The van der Waals surface area contributed by atoms with Crippen LogP contribution in [0.5, 0.6) is 0 Å². The summed E-state index contributed by atoms with van der Waals surface area (Å²) in [5, 5.41) is 8.58. The highest BCUT2D eigenvalue weighted by atomic mass is 16.5. The summed E-state index contributed by atoms with van der Waals surface area (Å²) in [6.45, 7) is 3.76. The SMILES string of the molecule is CCCCCCCCCCCCCCCCCCCOCCO. The van der Waals surface area contributed by atoms with Gasteiger partial charge in [-0.05, 0) is 6.42 Å². The fourth-order valence-electron chi connectivity index (χ4n) is 3.10. The van der Waals surface area contributed by atoms with E-state index in [9.17, 15) is 0 Å². The largest absolute Gasteiger partial charge is 0.394 e. The Labute approximate surface area is 146 Å².